The number of ether oxygens (including phenoxy) is 1. The zero-order valence-electron chi connectivity index (χ0n) is 14.5. The van der Waals surface area contributed by atoms with Gasteiger partial charge in [-0.15, -0.1) is 11.8 Å². The first kappa shape index (κ1) is 18.8. The molecule has 0 atom stereocenters. The predicted octanol–water partition coefficient (Wildman–Crippen LogP) is 5.14. The highest BCUT2D eigenvalue weighted by Gasteiger charge is 2.20. The van der Waals surface area contributed by atoms with Gasteiger partial charge < -0.3 is 14.5 Å². The summed E-state index contributed by atoms with van der Waals surface area (Å²) in [5.41, 5.74) is 1.63. The summed E-state index contributed by atoms with van der Waals surface area (Å²) in [7, 11) is 1.65. The normalized spacial score (nSPS) is 11.0. The largest absolute Gasteiger partial charge is 0.451 e. The van der Waals surface area contributed by atoms with E-state index in [1.54, 1.807) is 18.9 Å². The molecule has 4 nitrogen and oxygen atoms in total. The van der Waals surface area contributed by atoms with Crippen LogP contribution in [0.15, 0.2) is 57.8 Å². The van der Waals surface area contributed by atoms with E-state index in [1.165, 1.54) is 0 Å². The molecule has 26 heavy (non-hydrogen) atoms. The van der Waals surface area contributed by atoms with E-state index in [0.717, 1.165) is 27.8 Å². The molecule has 1 heterocycles. The number of carbonyl (C=O) groups is 1. The van der Waals surface area contributed by atoms with Crippen LogP contribution in [0.25, 0.3) is 11.0 Å². The summed E-state index contributed by atoms with van der Waals surface area (Å²) in [6, 6.07) is 15.4. The molecule has 136 valence electrons. The van der Waals surface area contributed by atoms with Gasteiger partial charge in [0.15, 0.2) is 5.76 Å². The Morgan fingerprint density at radius 2 is 1.96 bits per heavy atom. The molecule has 0 radical (unpaired) electrons. The van der Waals surface area contributed by atoms with Crippen LogP contribution in [0.2, 0.25) is 5.02 Å². The molecule has 1 N–H and O–H groups in total. The fourth-order valence-electron chi connectivity index (χ4n) is 2.61. The highest BCUT2D eigenvalue weighted by molar-refractivity contribution is 7.98. The van der Waals surface area contributed by atoms with Crippen molar-refractivity contribution in [2.24, 2.45) is 0 Å². The van der Waals surface area contributed by atoms with Crippen LogP contribution in [0.5, 0.6) is 0 Å². The van der Waals surface area contributed by atoms with Crippen LogP contribution in [-0.2, 0) is 10.5 Å². The van der Waals surface area contributed by atoms with Crippen LogP contribution >= 0.6 is 23.4 Å². The Bertz CT molecular complexity index is 876. The lowest BCUT2D eigenvalue weighted by Gasteiger charge is -2.06. The van der Waals surface area contributed by atoms with Crippen LogP contribution in [0, 0.1) is 0 Å². The van der Waals surface area contributed by atoms with E-state index < -0.39 is 0 Å². The molecule has 0 saturated carbocycles. The van der Waals surface area contributed by atoms with Crippen molar-refractivity contribution in [1.82, 2.24) is 5.32 Å². The molecule has 0 aliphatic rings. The van der Waals surface area contributed by atoms with Crippen molar-refractivity contribution in [3.05, 3.63) is 64.9 Å². The molecule has 0 fully saturated rings. The van der Waals surface area contributed by atoms with Crippen LogP contribution in [-0.4, -0.2) is 26.2 Å². The summed E-state index contributed by atoms with van der Waals surface area (Å²) in [5.74, 6) is 0.827. The third-order valence-electron chi connectivity index (χ3n) is 3.91. The highest BCUT2D eigenvalue weighted by Crippen LogP contribution is 2.32. The van der Waals surface area contributed by atoms with Crippen molar-refractivity contribution < 1.29 is 13.9 Å². The molecule has 1 aromatic heterocycles. The Hall–Kier alpha value is -1.95. The summed E-state index contributed by atoms with van der Waals surface area (Å²) in [5, 5.41) is 4.58. The minimum absolute atomic E-state index is 0.191. The monoisotopic (exact) mass is 389 g/mol. The molecule has 0 aliphatic carbocycles. The molecule has 0 aliphatic heterocycles. The van der Waals surface area contributed by atoms with Crippen LogP contribution in [0.4, 0.5) is 0 Å². The molecule has 0 bridgehead atoms. The van der Waals surface area contributed by atoms with Gasteiger partial charge in [-0.2, -0.15) is 0 Å². The number of furan rings is 1. The van der Waals surface area contributed by atoms with Crippen LogP contribution < -0.4 is 5.32 Å². The van der Waals surface area contributed by atoms with Gasteiger partial charge in [0.1, 0.15) is 5.58 Å². The van der Waals surface area contributed by atoms with Crippen LogP contribution in [0.1, 0.15) is 22.5 Å². The molecule has 3 aromatic rings. The number of methoxy groups -OCH3 is 1. The molecule has 1 amide bonds. The third-order valence-corrected chi connectivity index (χ3v) is 5.20. The Morgan fingerprint density at radius 3 is 2.73 bits per heavy atom. The van der Waals surface area contributed by atoms with E-state index >= 15 is 0 Å². The Labute approximate surface area is 161 Å². The third kappa shape index (κ3) is 4.61. The number of para-hydroxylation sites is 1. The van der Waals surface area contributed by atoms with E-state index in [9.17, 15) is 4.79 Å². The lowest BCUT2D eigenvalue weighted by molar-refractivity contribution is 0.0922. The standard InChI is InChI=1S/C20H20ClNO3S/c1-24-12-4-11-22-20(23)19-17(16-5-2-3-6-18(16)25-19)13-26-15-9-7-14(21)8-10-15/h2-3,5-10H,4,11-13H2,1H3,(H,22,23). The maximum Gasteiger partial charge on any atom is 0.287 e. The number of fused-ring (bicyclic) bond motifs is 1. The van der Waals surface area contributed by atoms with E-state index in [-0.39, 0.29) is 5.91 Å². The van der Waals surface area contributed by atoms with E-state index in [1.807, 2.05) is 48.5 Å². The second-order valence-corrected chi connectivity index (χ2v) is 7.24. The number of nitrogens with one attached hydrogen (secondary N) is 1. The molecular weight excluding hydrogens is 370 g/mol. The Kier molecular flexibility index (Phi) is 6.61. The minimum Gasteiger partial charge on any atom is -0.451 e. The van der Waals surface area contributed by atoms with E-state index in [4.69, 9.17) is 20.8 Å². The number of benzene rings is 2. The van der Waals surface area contributed by atoms with Crippen molar-refractivity contribution in [3.63, 3.8) is 0 Å². The molecule has 0 spiro atoms. The van der Waals surface area contributed by atoms with Gasteiger partial charge in [-0.05, 0) is 36.8 Å². The summed E-state index contributed by atoms with van der Waals surface area (Å²) < 4.78 is 10.9. The van der Waals surface area contributed by atoms with Crippen molar-refractivity contribution in [2.75, 3.05) is 20.3 Å². The molecule has 0 unspecified atom stereocenters. The zero-order valence-corrected chi connectivity index (χ0v) is 16.0. The summed E-state index contributed by atoms with van der Waals surface area (Å²) in [6.45, 7) is 1.16. The molecule has 3 rings (SSSR count). The summed E-state index contributed by atoms with van der Waals surface area (Å²) >= 11 is 7.59. The number of thioether (sulfide) groups is 1. The van der Waals surface area contributed by atoms with Crippen molar-refractivity contribution in [2.45, 2.75) is 17.1 Å². The fourth-order valence-corrected chi connectivity index (χ4v) is 3.66. The Morgan fingerprint density at radius 1 is 1.19 bits per heavy atom. The molecule has 0 saturated heterocycles. The van der Waals surface area contributed by atoms with Gasteiger partial charge in [0.2, 0.25) is 0 Å². The number of carbonyl (C=O) groups excluding carboxylic acids is 1. The quantitative estimate of drug-likeness (QED) is 0.428. The van der Waals surface area contributed by atoms with Gasteiger partial charge in [-0.25, -0.2) is 0 Å². The summed E-state index contributed by atoms with van der Waals surface area (Å²) in [6.07, 6.45) is 0.761. The van der Waals surface area contributed by atoms with Gasteiger partial charge in [0.05, 0.1) is 0 Å². The topological polar surface area (TPSA) is 51.5 Å². The molecule has 2 aromatic carbocycles. The summed E-state index contributed by atoms with van der Waals surface area (Å²) in [4.78, 5) is 13.7. The minimum atomic E-state index is -0.191. The molecule has 6 heteroatoms. The second-order valence-electron chi connectivity index (χ2n) is 5.75. The number of amides is 1. The fraction of sp³-hybridized carbons (Fsp3) is 0.250. The lowest BCUT2D eigenvalue weighted by atomic mass is 10.1. The maximum absolute atomic E-state index is 12.6. The number of hydrogen-bond acceptors (Lipinski definition) is 4. The van der Waals surface area contributed by atoms with Gasteiger partial charge in [-0.1, -0.05) is 29.8 Å². The average molecular weight is 390 g/mol. The lowest BCUT2D eigenvalue weighted by Crippen LogP contribution is -2.25. The number of halogens is 1. The van der Waals surface area contributed by atoms with E-state index in [0.29, 0.717) is 29.7 Å². The predicted molar refractivity (Wildman–Crippen MR) is 106 cm³/mol. The van der Waals surface area contributed by atoms with Gasteiger partial charge in [0.25, 0.3) is 5.91 Å². The zero-order chi connectivity index (χ0) is 18.4. The molecular formula is C20H20ClNO3S. The number of rotatable bonds is 8. The average Bonchev–Trinajstić information content (AvgIpc) is 3.03. The van der Waals surface area contributed by atoms with Crippen LogP contribution in [0.3, 0.4) is 0 Å². The van der Waals surface area contributed by atoms with Gasteiger partial charge >= 0.3 is 0 Å². The van der Waals surface area contributed by atoms with Crippen molar-refractivity contribution in [3.8, 4) is 0 Å². The smallest absolute Gasteiger partial charge is 0.287 e. The first-order valence-corrected chi connectivity index (χ1v) is 9.71. The van der Waals surface area contributed by atoms with Crippen molar-refractivity contribution in [1.29, 1.82) is 0 Å². The Balaban J connectivity index is 1.80. The first-order chi connectivity index (χ1) is 12.7. The van der Waals surface area contributed by atoms with Crippen molar-refractivity contribution >= 4 is 40.2 Å². The number of hydrogen-bond donors (Lipinski definition) is 1. The first-order valence-electron chi connectivity index (χ1n) is 8.35. The second kappa shape index (κ2) is 9.12. The van der Waals surface area contributed by atoms with Gasteiger partial charge in [-0.3, -0.25) is 4.79 Å². The van der Waals surface area contributed by atoms with Gasteiger partial charge in [0, 0.05) is 46.9 Å². The highest BCUT2D eigenvalue weighted by atomic mass is 35.5. The van der Waals surface area contributed by atoms with E-state index in [2.05, 4.69) is 5.32 Å². The maximum atomic E-state index is 12.6. The SMILES string of the molecule is COCCCNC(=O)c1oc2ccccc2c1CSc1ccc(Cl)cc1.